The van der Waals surface area contributed by atoms with Gasteiger partial charge in [-0.05, 0) is 47.7 Å². The molecule has 1 aliphatic heterocycles. The van der Waals surface area contributed by atoms with Gasteiger partial charge in [0.15, 0.2) is 0 Å². The van der Waals surface area contributed by atoms with Crippen molar-refractivity contribution in [3.8, 4) is 5.75 Å². The zero-order valence-corrected chi connectivity index (χ0v) is 13.9. The minimum atomic E-state index is -0.130. The SMILES string of the molecule is COc1ccc(C2=NO[C@@H](CNC(=O)c3cscc3C)C2)cc1. The standard InChI is InChI=1S/C17H18N2O3S/c1-11-9-23-10-15(11)17(20)18-8-14-7-16(19-22-14)12-3-5-13(21-2)6-4-12/h3-6,9-10,14H,7-8H2,1-2H3,(H,18,20)/t14-/m1/s1. The molecule has 2 aromatic rings. The summed E-state index contributed by atoms with van der Waals surface area (Å²) in [6.45, 7) is 2.37. The zero-order valence-electron chi connectivity index (χ0n) is 13.0. The second-order valence-corrected chi connectivity index (χ2v) is 6.12. The molecule has 1 N–H and O–H groups in total. The third-order valence-electron chi connectivity index (χ3n) is 3.75. The van der Waals surface area contributed by atoms with E-state index in [1.807, 2.05) is 41.9 Å². The molecule has 1 aromatic carbocycles. The monoisotopic (exact) mass is 330 g/mol. The number of aryl methyl sites for hydroxylation is 1. The Kier molecular flexibility index (Phi) is 4.62. The van der Waals surface area contributed by atoms with Crippen molar-refractivity contribution in [1.29, 1.82) is 0 Å². The van der Waals surface area contributed by atoms with Crippen LogP contribution in [0.4, 0.5) is 0 Å². The number of carbonyl (C=O) groups is 1. The number of methoxy groups -OCH3 is 1. The van der Waals surface area contributed by atoms with Crippen LogP contribution >= 0.6 is 11.3 Å². The van der Waals surface area contributed by atoms with Gasteiger partial charge in [-0.25, -0.2) is 0 Å². The lowest BCUT2D eigenvalue weighted by Crippen LogP contribution is -2.32. The summed E-state index contributed by atoms with van der Waals surface area (Å²) in [4.78, 5) is 17.5. The van der Waals surface area contributed by atoms with Crippen molar-refractivity contribution >= 4 is 23.0 Å². The quantitative estimate of drug-likeness (QED) is 0.917. The van der Waals surface area contributed by atoms with E-state index < -0.39 is 0 Å². The first-order chi connectivity index (χ1) is 11.2. The molecule has 5 nitrogen and oxygen atoms in total. The number of oxime groups is 1. The van der Waals surface area contributed by atoms with Crippen molar-refractivity contribution in [2.45, 2.75) is 19.4 Å². The highest BCUT2D eigenvalue weighted by Crippen LogP contribution is 2.19. The second-order valence-electron chi connectivity index (χ2n) is 5.38. The number of nitrogens with zero attached hydrogens (tertiary/aromatic N) is 1. The number of hydrogen-bond acceptors (Lipinski definition) is 5. The fourth-order valence-corrected chi connectivity index (χ4v) is 3.21. The number of rotatable bonds is 5. The number of amides is 1. The molecule has 3 rings (SSSR count). The molecule has 120 valence electrons. The van der Waals surface area contributed by atoms with Gasteiger partial charge in [0, 0.05) is 11.8 Å². The maximum atomic E-state index is 12.1. The van der Waals surface area contributed by atoms with Crippen molar-refractivity contribution in [3.05, 3.63) is 51.7 Å². The summed E-state index contributed by atoms with van der Waals surface area (Å²) in [7, 11) is 1.64. The van der Waals surface area contributed by atoms with E-state index in [9.17, 15) is 4.79 Å². The highest BCUT2D eigenvalue weighted by molar-refractivity contribution is 7.08. The van der Waals surface area contributed by atoms with Crippen LogP contribution in [0.3, 0.4) is 0 Å². The summed E-state index contributed by atoms with van der Waals surface area (Å²) in [5.41, 5.74) is 3.62. The Hall–Kier alpha value is -2.34. The van der Waals surface area contributed by atoms with Crippen molar-refractivity contribution in [2.24, 2.45) is 5.16 Å². The molecule has 1 aromatic heterocycles. The number of nitrogens with one attached hydrogen (secondary N) is 1. The molecule has 2 heterocycles. The van der Waals surface area contributed by atoms with Crippen LogP contribution in [-0.2, 0) is 4.84 Å². The van der Waals surface area contributed by atoms with E-state index in [2.05, 4.69) is 10.5 Å². The normalized spacial score (nSPS) is 16.6. The molecule has 23 heavy (non-hydrogen) atoms. The van der Waals surface area contributed by atoms with Crippen molar-refractivity contribution < 1.29 is 14.4 Å². The Morgan fingerprint density at radius 2 is 2.17 bits per heavy atom. The number of hydrogen-bond donors (Lipinski definition) is 1. The Labute approximate surface area is 138 Å². The smallest absolute Gasteiger partial charge is 0.252 e. The molecule has 0 radical (unpaired) electrons. The summed E-state index contributed by atoms with van der Waals surface area (Å²) in [6, 6.07) is 7.70. The van der Waals surface area contributed by atoms with Gasteiger partial charge in [-0.15, -0.1) is 0 Å². The van der Waals surface area contributed by atoms with Crippen LogP contribution < -0.4 is 10.1 Å². The molecule has 0 bridgehead atoms. The second kappa shape index (κ2) is 6.83. The Morgan fingerprint density at radius 1 is 1.39 bits per heavy atom. The highest BCUT2D eigenvalue weighted by atomic mass is 32.1. The van der Waals surface area contributed by atoms with Crippen molar-refractivity contribution in [2.75, 3.05) is 13.7 Å². The van der Waals surface area contributed by atoms with Gasteiger partial charge in [-0.3, -0.25) is 4.79 Å². The summed E-state index contributed by atoms with van der Waals surface area (Å²) < 4.78 is 5.15. The minimum absolute atomic E-state index is 0.0646. The molecule has 6 heteroatoms. The first-order valence-corrected chi connectivity index (χ1v) is 8.29. The van der Waals surface area contributed by atoms with Crippen LogP contribution in [0.25, 0.3) is 0 Å². The van der Waals surface area contributed by atoms with E-state index in [0.29, 0.717) is 13.0 Å². The molecule has 0 saturated heterocycles. The van der Waals surface area contributed by atoms with Gasteiger partial charge in [0.1, 0.15) is 11.9 Å². The van der Waals surface area contributed by atoms with Gasteiger partial charge in [0.25, 0.3) is 5.91 Å². The lowest BCUT2D eigenvalue weighted by Gasteiger charge is -2.09. The van der Waals surface area contributed by atoms with Crippen LogP contribution in [0.5, 0.6) is 5.75 Å². The lowest BCUT2D eigenvalue weighted by atomic mass is 10.0. The van der Waals surface area contributed by atoms with Crippen LogP contribution in [0.1, 0.15) is 27.9 Å². The number of thiophene rings is 1. The van der Waals surface area contributed by atoms with E-state index in [0.717, 1.165) is 28.2 Å². The molecule has 1 atom stereocenters. The van der Waals surface area contributed by atoms with Gasteiger partial charge in [0.05, 0.1) is 24.9 Å². The Bertz CT molecular complexity index is 722. The average molecular weight is 330 g/mol. The van der Waals surface area contributed by atoms with E-state index in [1.165, 1.54) is 11.3 Å². The lowest BCUT2D eigenvalue weighted by molar-refractivity contribution is 0.0753. The van der Waals surface area contributed by atoms with Gasteiger partial charge < -0.3 is 14.9 Å². The van der Waals surface area contributed by atoms with Crippen LogP contribution in [-0.4, -0.2) is 31.4 Å². The maximum Gasteiger partial charge on any atom is 0.252 e. The summed E-state index contributed by atoms with van der Waals surface area (Å²) in [5.74, 6) is 0.744. The fourth-order valence-electron chi connectivity index (χ4n) is 2.39. The van der Waals surface area contributed by atoms with Gasteiger partial charge in [-0.1, -0.05) is 5.16 Å². The number of benzene rings is 1. The van der Waals surface area contributed by atoms with E-state index in [4.69, 9.17) is 9.57 Å². The van der Waals surface area contributed by atoms with Crippen LogP contribution in [0.15, 0.2) is 40.2 Å². The van der Waals surface area contributed by atoms with Gasteiger partial charge in [-0.2, -0.15) is 11.3 Å². The summed E-state index contributed by atoms with van der Waals surface area (Å²) in [6.07, 6.45) is 0.546. The third kappa shape index (κ3) is 3.53. The van der Waals surface area contributed by atoms with Crippen molar-refractivity contribution in [3.63, 3.8) is 0 Å². The van der Waals surface area contributed by atoms with Crippen LogP contribution in [0.2, 0.25) is 0 Å². The molecule has 1 aliphatic rings. The molecule has 1 amide bonds. The highest BCUT2D eigenvalue weighted by Gasteiger charge is 2.23. The van der Waals surface area contributed by atoms with Gasteiger partial charge >= 0.3 is 0 Å². The van der Waals surface area contributed by atoms with E-state index in [1.54, 1.807) is 7.11 Å². The molecular weight excluding hydrogens is 312 g/mol. The molecule has 0 fully saturated rings. The summed E-state index contributed by atoms with van der Waals surface area (Å²) in [5, 5.41) is 10.9. The van der Waals surface area contributed by atoms with Gasteiger partial charge in [0.2, 0.25) is 0 Å². The first-order valence-electron chi connectivity index (χ1n) is 7.35. The molecular formula is C17H18N2O3S. The van der Waals surface area contributed by atoms with Crippen molar-refractivity contribution in [1.82, 2.24) is 5.32 Å². The number of carbonyl (C=O) groups excluding carboxylic acids is 1. The topological polar surface area (TPSA) is 59.9 Å². The Balaban J connectivity index is 1.53. The largest absolute Gasteiger partial charge is 0.497 e. The average Bonchev–Trinajstić information content (AvgIpc) is 3.22. The van der Waals surface area contributed by atoms with Crippen LogP contribution in [0, 0.1) is 6.92 Å². The fraction of sp³-hybridized carbons (Fsp3) is 0.294. The minimum Gasteiger partial charge on any atom is -0.497 e. The third-order valence-corrected chi connectivity index (χ3v) is 4.61. The number of ether oxygens (including phenoxy) is 1. The zero-order chi connectivity index (χ0) is 16.2. The predicted octanol–water partition coefficient (Wildman–Crippen LogP) is 2.99. The predicted molar refractivity (Wildman–Crippen MR) is 90.4 cm³/mol. The molecule has 0 saturated carbocycles. The Morgan fingerprint density at radius 3 is 2.83 bits per heavy atom. The molecule has 0 unspecified atom stereocenters. The molecule has 0 spiro atoms. The van der Waals surface area contributed by atoms with E-state index in [-0.39, 0.29) is 12.0 Å². The first kappa shape index (κ1) is 15.6. The summed E-state index contributed by atoms with van der Waals surface area (Å²) >= 11 is 1.53. The maximum absolute atomic E-state index is 12.1. The van der Waals surface area contributed by atoms with E-state index >= 15 is 0 Å². The molecule has 0 aliphatic carbocycles.